The zero-order valence-electron chi connectivity index (χ0n) is 11.2. The fourth-order valence-corrected chi connectivity index (χ4v) is 2.99. The number of aliphatic hydroxyl groups is 1. The number of hydrogen-bond acceptors (Lipinski definition) is 2. The fourth-order valence-electron chi connectivity index (χ4n) is 2.99. The molecule has 0 saturated carbocycles. The van der Waals surface area contributed by atoms with E-state index >= 15 is 0 Å². The van der Waals surface area contributed by atoms with Crippen LogP contribution in [0.5, 0.6) is 0 Å². The topological polar surface area (TPSA) is 57.5 Å². The van der Waals surface area contributed by atoms with Gasteiger partial charge in [-0.05, 0) is 49.5 Å². The summed E-state index contributed by atoms with van der Waals surface area (Å²) in [5.41, 5.74) is 0.988. The van der Waals surface area contributed by atoms with Crippen LogP contribution in [-0.2, 0) is 4.79 Å². The Hall–Kier alpha value is -1.09. The van der Waals surface area contributed by atoms with Crippen LogP contribution in [0, 0.1) is 5.41 Å². The normalized spacial score (nSPS) is 31.5. The summed E-state index contributed by atoms with van der Waals surface area (Å²) in [6.45, 7) is 4.45. The quantitative estimate of drug-likeness (QED) is 0.740. The maximum Gasteiger partial charge on any atom is 0.331 e. The second-order valence-electron chi connectivity index (χ2n) is 6.38. The first-order valence-electron chi connectivity index (χ1n) is 6.67. The summed E-state index contributed by atoms with van der Waals surface area (Å²) in [5.74, 6) is -0.852. The second kappa shape index (κ2) is 4.54. The standard InChI is InChI=1S/C15H22O3/c1-14(2)7-3-4-12(10-14)15(18)8-5-11(6-9-15)13(16)17/h4-5,18H,3,6-10H2,1-2H3,(H,16,17). The first kappa shape index (κ1) is 13.3. The van der Waals surface area contributed by atoms with Gasteiger partial charge in [0.05, 0.1) is 5.60 Å². The molecule has 0 radical (unpaired) electrons. The van der Waals surface area contributed by atoms with Gasteiger partial charge in [0.25, 0.3) is 0 Å². The van der Waals surface area contributed by atoms with E-state index in [-0.39, 0.29) is 5.41 Å². The monoisotopic (exact) mass is 250 g/mol. The summed E-state index contributed by atoms with van der Waals surface area (Å²) >= 11 is 0. The predicted molar refractivity (Wildman–Crippen MR) is 70.2 cm³/mol. The highest BCUT2D eigenvalue weighted by Gasteiger charge is 2.38. The molecule has 0 bridgehead atoms. The molecular weight excluding hydrogens is 228 g/mol. The Bertz CT molecular complexity index is 417. The Kier molecular flexibility index (Phi) is 3.37. The van der Waals surface area contributed by atoms with Gasteiger partial charge in [-0.25, -0.2) is 4.79 Å². The lowest BCUT2D eigenvalue weighted by Gasteiger charge is -2.39. The summed E-state index contributed by atoms with van der Waals surface area (Å²) < 4.78 is 0. The van der Waals surface area contributed by atoms with Crippen LogP contribution in [0.25, 0.3) is 0 Å². The number of carboxylic acid groups (broad SMARTS) is 1. The summed E-state index contributed by atoms with van der Waals surface area (Å²) in [5, 5.41) is 19.7. The first-order valence-corrected chi connectivity index (χ1v) is 6.67. The van der Waals surface area contributed by atoms with Gasteiger partial charge >= 0.3 is 5.97 Å². The smallest absolute Gasteiger partial charge is 0.331 e. The highest BCUT2D eigenvalue weighted by atomic mass is 16.4. The van der Waals surface area contributed by atoms with Gasteiger partial charge in [0.2, 0.25) is 0 Å². The molecule has 1 atom stereocenters. The molecule has 0 aliphatic heterocycles. The Morgan fingerprint density at radius 1 is 1.28 bits per heavy atom. The maximum atomic E-state index is 10.9. The van der Waals surface area contributed by atoms with Crippen LogP contribution in [0.15, 0.2) is 23.3 Å². The summed E-state index contributed by atoms with van der Waals surface area (Å²) in [7, 11) is 0. The molecule has 100 valence electrons. The van der Waals surface area contributed by atoms with Crippen molar-refractivity contribution in [1.82, 2.24) is 0 Å². The highest BCUT2D eigenvalue weighted by Crippen LogP contribution is 2.43. The van der Waals surface area contributed by atoms with Crippen molar-refractivity contribution in [3.63, 3.8) is 0 Å². The van der Waals surface area contributed by atoms with E-state index in [2.05, 4.69) is 19.9 Å². The van der Waals surface area contributed by atoms with Gasteiger partial charge in [-0.1, -0.05) is 26.0 Å². The van der Waals surface area contributed by atoms with Gasteiger partial charge < -0.3 is 10.2 Å². The van der Waals surface area contributed by atoms with Crippen molar-refractivity contribution in [2.75, 3.05) is 0 Å². The van der Waals surface area contributed by atoms with Crippen LogP contribution in [0.2, 0.25) is 0 Å². The number of aliphatic carboxylic acids is 1. The molecule has 0 aromatic heterocycles. The number of rotatable bonds is 2. The molecular formula is C15H22O3. The van der Waals surface area contributed by atoms with Crippen molar-refractivity contribution < 1.29 is 15.0 Å². The third-order valence-electron chi connectivity index (χ3n) is 4.25. The zero-order valence-corrected chi connectivity index (χ0v) is 11.2. The Balaban J connectivity index is 2.15. The molecule has 0 heterocycles. The molecule has 3 heteroatoms. The second-order valence-corrected chi connectivity index (χ2v) is 6.38. The molecule has 1 unspecified atom stereocenters. The SMILES string of the molecule is CC1(C)CCC=C(C2(O)CC=C(C(=O)O)CC2)C1. The molecule has 0 saturated heterocycles. The molecule has 0 aromatic carbocycles. The average Bonchev–Trinajstić information content (AvgIpc) is 2.28. The predicted octanol–water partition coefficient (Wildman–Crippen LogP) is 3.05. The Morgan fingerprint density at radius 2 is 2.00 bits per heavy atom. The van der Waals surface area contributed by atoms with Crippen molar-refractivity contribution in [2.45, 2.75) is 58.0 Å². The van der Waals surface area contributed by atoms with Crippen LogP contribution < -0.4 is 0 Å². The van der Waals surface area contributed by atoms with E-state index in [0.29, 0.717) is 24.8 Å². The van der Waals surface area contributed by atoms with E-state index < -0.39 is 11.6 Å². The third-order valence-corrected chi connectivity index (χ3v) is 4.25. The van der Waals surface area contributed by atoms with Crippen molar-refractivity contribution in [1.29, 1.82) is 0 Å². The van der Waals surface area contributed by atoms with Crippen molar-refractivity contribution in [3.05, 3.63) is 23.3 Å². The Labute approximate surface area is 108 Å². The fraction of sp³-hybridized carbons (Fsp3) is 0.667. The molecule has 0 amide bonds. The van der Waals surface area contributed by atoms with Gasteiger partial charge in [-0.15, -0.1) is 0 Å². The average molecular weight is 250 g/mol. The van der Waals surface area contributed by atoms with Crippen LogP contribution >= 0.6 is 0 Å². The lowest BCUT2D eigenvalue weighted by molar-refractivity contribution is -0.133. The lowest BCUT2D eigenvalue weighted by atomic mass is 9.69. The Morgan fingerprint density at radius 3 is 2.50 bits per heavy atom. The molecule has 0 aromatic rings. The van der Waals surface area contributed by atoms with E-state index in [0.717, 1.165) is 24.8 Å². The minimum Gasteiger partial charge on any atom is -0.478 e. The molecule has 18 heavy (non-hydrogen) atoms. The van der Waals surface area contributed by atoms with Crippen molar-refractivity contribution >= 4 is 5.97 Å². The molecule has 2 N–H and O–H groups in total. The van der Waals surface area contributed by atoms with E-state index in [4.69, 9.17) is 5.11 Å². The third kappa shape index (κ3) is 2.66. The molecule has 2 aliphatic carbocycles. The van der Waals surface area contributed by atoms with Crippen LogP contribution in [-0.4, -0.2) is 21.8 Å². The van der Waals surface area contributed by atoms with Gasteiger partial charge in [0.1, 0.15) is 0 Å². The molecule has 0 fully saturated rings. The number of allylic oxidation sites excluding steroid dienone is 1. The van der Waals surface area contributed by atoms with Crippen molar-refractivity contribution in [2.24, 2.45) is 5.41 Å². The van der Waals surface area contributed by atoms with E-state index in [1.807, 2.05) is 0 Å². The van der Waals surface area contributed by atoms with Gasteiger partial charge in [-0.3, -0.25) is 0 Å². The van der Waals surface area contributed by atoms with Crippen molar-refractivity contribution in [3.8, 4) is 0 Å². The van der Waals surface area contributed by atoms with Gasteiger partial charge in [0, 0.05) is 5.57 Å². The van der Waals surface area contributed by atoms with Crippen LogP contribution in [0.4, 0.5) is 0 Å². The van der Waals surface area contributed by atoms with E-state index in [9.17, 15) is 9.90 Å². The number of carboxylic acids is 1. The first-order chi connectivity index (χ1) is 8.32. The number of hydrogen-bond donors (Lipinski definition) is 2. The minimum absolute atomic E-state index is 0.247. The van der Waals surface area contributed by atoms with Gasteiger partial charge in [0.15, 0.2) is 0 Å². The highest BCUT2D eigenvalue weighted by molar-refractivity contribution is 5.86. The lowest BCUT2D eigenvalue weighted by Crippen LogP contribution is -2.37. The summed E-state index contributed by atoms with van der Waals surface area (Å²) in [6.07, 6.45) is 8.37. The largest absolute Gasteiger partial charge is 0.478 e. The minimum atomic E-state index is -0.852. The number of carbonyl (C=O) groups is 1. The van der Waals surface area contributed by atoms with E-state index in [1.165, 1.54) is 0 Å². The van der Waals surface area contributed by atoms with E-state index in [1.54, 1.807) is 6.08 Å². The summed E-state index contributed by atoms with van der Waals surface area (Å²) in [6, 6.07) is 0. The summed E-state index contributed by atoms with van der Waals surface area (Å²) in [4.78, 5) is 10.9. The molecule has 2 rings (SSSR count). The van der Waals surface area contributed by atoms with Crippen LogP contribution in [0.1, 0.15) is 52.4 Å². The zero-order chi connectivity index (χ0) is 13.4. The van der Waals surface area contributed by atoms with Gasteiger partial charge in [-0.2, -0.15) is 0 Å². The van der Waals surface area contributed by atoms with Crippen LogP contribution in [0.3, 0.4) is 0 Å². The molecule has 0 spiro atoms. The molecule has 3 nitrogen and oxygen atoms in total. The molecule has 2 aliphatic rings. The maximum absolute atomic E-state index is 10.9.